The highest BCUT2D eigenvalue weighted by Crippen LogP contribution is 2.40. The average Bonchev–Trinajstić information content (AvgIpc) is 2.86. The van der Waals surface area contributed by atoms with Crippen molar-refractivity contribution in [2.24, 2.45) is 5.73 Å². The van der Waals surface area contributed by atoms with Crippen molar-refractivity contribution >= 4 is 28.6 Å². The number of carbonyl (C=O) groups is 1. The lowest BCUT2D eigenvalue weighted by Gasteiger charge is -2.02. The van der Waals surface area contributed by atoms with Gasteiger partial charge in [0.25, 0.3) is 0 Å². The highest BCUT2D eigenvalue weighted by atomic mass is 16.6. The van der Waals surface area contributed by atoms with Crippen molar-refractivity contribution in [1.82, 2.24) is 0 Å². The number of furan rings is 1. The molecule has 2 amide bonds. The molecule has 0 aliphatic heterocycles. The second-order valence-electron chi connectivity index (χ2n) is 4.61. The van der Waals surface area contributed by atoms with Crippen LogP contribution in [-0.4, -0.2) is 11.0 Å². The summed E-state index contributed by atoms with van der Waals surface area (Å²) in [5.41, 5.74) is 6.91. The molecule has 3 N–H and O–H groups in total. The maximum atomic E-state index is 11.2. The van der Waals surface area contributed by atoms with Gasteiger partial charge in [0.2, 0.25) is 0 Å². The first-order valence-electron chi connectivity index (χ1n) is 6.39. The van der Waals surface area contributed by atoms with Crippen LogP contribution < -0.4 is 11.1 Å². The quantitative estimate of drug-likeness (QED) is 0.569. The largest absolute Gasteiger partial charge is 0.442 e. The van der Waals surface area contributed by atoms with Crippen molar-refractivity contribution in [3.05, 3.63) is 58.6 Å². The molecule has 0 radical (unpaired) electrons. The Bertz CT molecular complexity index is 871. The van der Waals surface area contributed by atoms with Gasteiger partial charge < -0.3 is 15.5 Å². The zero-order valence-corrected chi connectivity index (χ0v) is 11.3. The number of urea groups is 1. The van der Waals surface area contributed by atoms with Gasteiger partial charge in [0.15, 0.2) is 0 Å². The number of primary amides is 1. The van der Waals surface area contributed by atoms with Crippen LogP contribution in [0.4, 0.5) is 16.4 Å². The number of anilines is 1. The third kappa shape index (κ3) is 2.35. The number of hydrogen-bond acceptors (Lipinski definition) is 4. The van der Waals surface area contributed by atoms with Crippen LogP contribution in [0.25, 0.3) is 22.1 Å². The number of nitrogens with zero attached hydrogens (tertiary/aromatic N) is 1. The Labute approximate surface area is 124 Å². The lowest BCUT2D eigenvalue weighted by Crippen LogP contribution is -2.19. The second kappa shape index (κ2) is 5.21. The molecule has 0 aliphatic carbocycles. The Hall–Kier alpha value is -3.35. The van der Waals surface area contributed by atoms with Gasteiger partial charge in [-0.05, 0) is 23.8 Å². The molecular formula is C15H11N3O4. The van der Waals surface area contributed by atoms with Gasteiger partial charge in [0, 0.05) is 11.1 Å². The molecule has 0 aliphatic rings. The lowest BCUT2D eigenvalue weighted by molar-refractivity contribution is -0.400. The highest BCUT2D eigenvalue weighted by molar-refractivity contribution is 6.01. The normalized spacial score (nSPS) is 10.5. The van der Waals surface area contributed by atoms with Crippen molar-refractivity contribution in [2.75, 3.05) is 5.32 Å². The monoisotopic (exact) mass is 297 g/mol. The first-order valence-corrected chi connectivity index (χ1v) is 6.39. The van der Waals surface area contributed by atoms with E-state index in [2.05, 4.69) is 5.32 Å². The Morgan fingerprint density at radius 2 is 1.91 bits per heavy atom. The maximum absolute atomic E-state index is 11.2. The number of nitrogens with two attached hydrogens (primary N) is 1. The van der Waals surface area contributed by atoms with Crippen molar-refractivity contribution in [2.45, 2.75) is 0 Å². The van der Waals surface area contributed by atoms with Crippen molar-refractivity contribution in [3.63, 3.8) is 0 Å². The van der Waals surface area contributed by atoms with Gasteiger partial charge >= 0.3 is 11.9 Å². The third-order valence-corrected chi connectivity index (χ3v) is 3.17. The molecular weight excluding hydrogens is 286 g/mol. The second-order valence-corrected chi connectivity index (χ2v) is 4.61. The number of fused-ring (bicyclic) bond motifs is 1. The van der Waals surface area contributed by atoms with E-state index in [1.165, 1.54) is 0 Å². The van der Waals surface area contributed by atoms with Crippen LogP contribution in [-0.2, 0) is 0 Å². The number of amides is 2. The molecule has 0 fully saturated rings. The number of nitro groups is 1. The van der Waals surface area contributed by atoms with E-state index in [-0.39, 0.29) is 5.88 Å². The minimum atomic E-state index is -0.710. The topological polar surface area (TPSA) is 111 Å². The number of benzene rings is 2. The van der Waals surface area contributed by atoms with E-state index in [1.807, 2.05) is 6.07 Å². The Kier molecular flexibility index (Phi) is 3.23. The van der Waals surface area contributed by atoms with Crippen LogP contribution in [0.15, 0.2) is 52.9 Å². The standard InChI is InChI=1S/C15H11N3O4/c16-15(19)17-10-6-7-12-11(8-10)13(14(22-12)18(20)21)9-4-2-1-3-5-9/h1-8H,(H3,16,17,19). The predicted molar refractivity (Wildman–Crippen MR) is 81.5 cm³/mol. The minimum Gasteiger partial charge on any atom is -0.400 e. The molecule has 7 nitrogen and oxygen atoms in total. The molecule has 1 heterocycles. The highest BCUT2D eigenvalue weighted by Gasteiger charge is 2.25. The molecule has 22 heavy (non-hydrogen) atoms. The van der Waals surface area contributed by atoms with Gasteiger partial charge in [0.1, 0.15) is 16.1 Å². The van der Waals surface area contributed by atoms with Gasteiger partial charge in [-0.3, -0.25) is 10.1 Å². The van der Waals surface area contributed by atoms with Gasteiger partial charge in [-0.15, -0.1) is 0 Å². The number of rotatable bonds is 3. The third-order valence-electron chi connectivity index (χ3n) is 3.17. The summed E-state index contributed by atoms with van der Waals surface area (Å²) >= 11 is 0. The van der Waals surface area contributed by atoms with Crippen LogP contribution in [0.1, 0.15) is 0 Å². The molecule has 0 spiro atoms. The molecule has 0 saturated carbocycles. The van der Waals surface area contributed by atoms with E-state index in [1.54, 1.807) is 42.5 Å². The molecule has 7 heteroatoms. The van der Waals surface area contributed by atoms with Crippen LogP contribution in [0.5, 0.6) is 0 Å². The van der Waals surface area contributed by atoms with Crippen LogP contribution in [0.3, 0.4) is 0 Å². The van der Waals surface area contributed by atoms with Crippen molar-refractivity contribution < 1.29 is 14.1 Å². The maximum Gasteiger partial charge on any atom is 0.442 e. The zero-order chi connectivity index (χ0) is 15.7. The Morgan fingerprint density at radius 3 is 2.55 bits per heavy atom. The van der Waals surface area contributed by atoms with Crippen LogP contribution >= 0.6 is 0 Å². The van der Waals surface area contributed by atoms with Gasteiger partial charge in [-0.25, -0.2) is 4.79 Å². The first-order chi connectivity index (χ1) is 10.6. The number of carbonyl (C=O) groups excluding carboxylic acids is 1. The van der Waals surface area contributed by atoms with E-state index in [0.29, 0.717) is 27.8 Å². The van der Waals surface area contributed by atoms with E-state index < -0.39 is 11.0 Å². The molecule has 3 aromatic rings. The fraction of sp³-hybridized carbons (Fsp3) is 0. The van der Waals surface area contributed by atoms with E-state index in [4.69, 9.17) is 10.2 Å². The lowest BCUT2D eigenvalue weighted by atomic mass is 10.0. The fourth-order valence-electron chi connectivity index (χ4n) is 2.32. The van der Waals surface area contributed by atoms with Crippen molar-refractivity contribution in [3.8, 4) is 11.1 Å². The van der Waals surface area contributed by atoms with E-state index >= 15 is 0 Å². The minimum absolute atomic E-state index is 0.336. The van der Waals surface area contributed by atoms with E-state index in [0.717, 1.165) is 0 Å². The summed E-state index contributed by atoms with van der Waals surface area (Å²) in [6.45, 7) is 0. The molecule has 0 atom stereocenters. The molecule has 3 rings (SSSR count). The van der Waals surface area contributed by atoms with Gasteiger partial charge in [0.05, 0.1) is 0 Å². The van der Waals surface area contributed by atoms with Crippen LogP contribution in [0.2, 0.25) is 0 Å². The molecule has 2 aromatic carbocycles. The summed E-state index contributed by atoms with van der Waals surface area (Å²) in [6.07, 6.45) is 0. The van der Waals surface area contributed by atoms with Crippen molar-refractivity contribution in [1.29, 1.82) is 0 Å². The number of nitrogens with one attached hydrogen (secondary N) is 1. The summed E-state index contributed by atoms with van der Waals surface area (Å²) in [4.78, 5) is 21.6. The summed E-state index contributed by atoms with van der Waals surface area (Å²) in [7, 11) is 0. The van der Waals surface area contributed by atoms with Crippen LogP contribution in [0, 0.1) is 10.1 Å². The number of hydrogen-bond donors (Lipinski definition) is 2. The molecule has 0 saturated heterocycles. The average molecular weight is 297 g/mol. The summed E-state index contributed by atoms with van der Waals surface area (Å²) < 4.78 is 5.33. The Morgan fingerprint density at radius 1 is 1.18 bits per heavy atom. The van der Waals surface area contributed by atoms with Gasteiger partial charge in [-0.2, -0.15) is 0 Å². The molecule has 1 aromatic heterocycles. The molecule has 0 unspecified atom stereocenters. The van der Waals surface area contributed by atoms with E-state index in [9.17, 15) is 14.9 Å². The fourth-order valence-corrected chi connectivity index (χ4v) is 2.32. The molecule has 0 bridgehead atoms. The van der Waals surface area contributed by atoms with Gasteiger partial charge in [-0.1, -0.05) is 30.3 Å². The smallest absolute Gasteiger partial charge is 0.400 e. The predicted octanol–water partition coefficient (Wildman–Crippen LogP) is 3.50. The first kappa shape index (κ1) is 13.6. The summed E-state index contributed by atoms with van der Waals surface area (Å²) in [5.74, 6) is -0.336. The zero-order valence-electron chi connectivity index (χ0n) is 11.3. The SMILES string of the molecule is NC(=O)Nc1ccc2oc([N+](=O)[O-])c(-c3ccccc3)c2c1. The summed E-state index contributed by atoms with van der Waals surface area (Å²) in [6, 6.07) is 12.9. The summed E-state index contributed by atoms with van der Waals surface area (Å²) in [5, 5.41) is 14.2. The molecule has 110 valence electrons. The Balaban J connectivity index is 2.27.